The van der Waals surface area contributed by atoms with E-state index in [0.717, 1.165) is 32.2 Å². The number of primary amides is 1. The number of rotatable bonds is 9. The Bertz CT molecular complexity index is 305. The molecule has 0 fully saturated rings. The van der Waals surface area contributed by atoms with E-state index in [9.17, 15) is 9.59 Å². The number of nitrogens with two attached hydrogens (primary N) is 1. The number of nitrogens with one attached hydrogen (secondary N) is 1. The molecule has 0 aliphatic rings. The Balaban J connectivity index is -0.000000338. The molecule has 0 aliphatic carbocycles. The number of urea groups is 1. The molecule has 7 heteroatoms. The summed E-state index contributed by atoms with van der Waals surface area (Å²) in [5, 5.41) is 10.9. The van der Waals surface area contributed by atoms with Crippen molar-refractivity contribution in [3.8, 4) is 0 Å². The van der Waals surface area contributed by atoms with Gasteiger partial charge >= 0.3 is 38.2 Å². The van der Waals surface area contributed by atoms with Crippen LogP contribution in [0.4, 0.5) is 4.79 Å². The van der Waals surface area contributed by atoms with E-state index in [4.69, 9.17) is 10.8 Å². The van der Waals surface area contributed by atoms with E-state index in [2.05, 4.69) is 31.0 Å². The Morgan fingerprint density at radius 3 is 2.04 bits per heavy atom. The molecule has 0 spiro atoms. The van der Waals surface area contributed by atoms with Gasteiger partial charge in [-0.05, 0) is 45.3 Å². The third kappa shape index (κ3) is 34.1. The molecular formula is C16H38BiN3O3. The summed E-state index contributed by atoms with van der Waals surface area (Å²) >= 11 is 0. The van der Waals surface area contributed by atoms with Gasteiger partial charge in [-0.25, -0.2) is 4.79 Å². The fraction of sp³-hybridized carbons (Fsp3) is 0.875. The summed E-state index contributed by atoms with van der Waals surface area (Å²) in [6.45, 7) is 8.27. The van der Waals surface area contributed by atoms with Crippen molar-refractivity contribution >= 4 is 38.2 Å². The Morgan fingerprint density at radius 2 is 1.65 bits per heavy atom. The topological polar surface area (TPSA) is 95.7 Å². The van der Waals surface area contributed by atoms with Crippen molar-refractivity contribution in [1.82, 2.24) is 10.2 Å². The van der Waals surface area contributed by atoms with E-state index in [1.54, 1.807) is 0 Å². The third-order valence-electron chi connectivity index (χ3n) is 2.90. The van der Waals surface area contributed by atoms with Gasteiger partial charge < -0.3 is 21.1 Å². The average molecular weight is 529 g/mol. The Kier molecular flexibility index (Phi) is 19.6. The number of carboxylic acid groups (broad SMARTS) is 1. The van der Waals surface area contributed by atoms with E-state index in [1.165, 1.54) is 6.42 Å². The van der Waals surface area contributed by atoms with Crippen LogP contribution in [-0.4, -0.2) is 75.4 Å². The average Bonchev–Trinajstić information content (AvgIpc) is 2.33. The van der Waals surface area contributed by atoms with Crippen LogP contribution in [0.5, 0.6) is 0 Å². The molecule has 0 radical (unpaired) electrons. The normalized spacial score (nSPS) is 10.3. The number of carboxylic acids is 1. The number of aliphatic carboxylic acids is 1. The number of hydrogen-bond donors (Lipinski definition) is 3. The number of nitrogens with zero attached hydrogens (tertiary/aromatic N) is 1. The van der Waals surface area contributed by atoms with Crippen LogP contribution in [0, 0.1) is 5.41 Å². The first-order valence-corrected chi connectivity index (χ1v) is 7.94. The maximum absolute atomic E-state index is 10.2. The Hall–Kier alpha value is -0.417. The molecule has 0 aliphatic heterocycles. The van der Waals surface area contributed by atoms with E-state index in [0.29, 0.717) is 18.4 Å². The van der Waals surface area contributed by atoms with Crippen LogP contribution in [0.15, 0.2) is 0 Å². The van der Waals surface area contributed by atoms with Crippen molar-refractivity contribution in [2.24, 2.45) is 11.1 Å². The zero-order valence-electron chi connectivity index (χ0n) is 15.7. The van der Waals surface area contributed by atoms with Crippen LogP contribution in [-0.2, 0) is 4.79 Å². The van der Waals surface area contributed by atoms with Crippen LogP contribution >= 0.6 is 0 Å². The summed E-state index contributed by atoms with van der Waals surface area (Å²) < 4.78 is 0. The van der Waals surface area contributed by atoms with Crippen LogP contribution in [0.25, 0.3) is 0 Å². The van der Waals surface area contributed by atoms with Gasteiger partial charge in [0.15, 0.2) is 0 Å². The standard InChI is InChI=1S/C10H20O2.C6H15N3O.Bi.3H/c1-10(2,3)8-6-4-5-7-9(11)12;1-9(2)5-3-4-8-6(7)10;;;;/h4-8H2,1-3H3,(H,11,12);3-5H2,1-2H3,(H3,7,8,10);;;;. The van der Waals surface area contributed by atoms with Crippen molar-refractivity contribution in [3.63, 3.8) is 0 Å². The molecule has 23 heavy (non-hydrogen) atoms. The van der Waals surface area contributed by atoms with Crippen molar-refractivity contribution < 1.29 is 14.7 Å². The molecule has 0 heterocycles. The fourth-order valence-electron chi connectivity index (χ4n) is 1.72. The quantitative estimate of drug-likeness (QED) is 0.312. The van der Waals surface area contributed by atoms with Gasteiger partial charge in [-0.2, -0.15) is 0 Å². The molecule has 0 atom stereocenters. The van der Waals surface area contributed by atoms with Gasteiger partial charge in [0.1, 0.15) is 0 Å². The summed E-state index contributed by atoms with van der Waals surface area (Å²) in [6, 6.07) is -0.446. The van der Waals surface area contributed by atoms with Crippen molar-refractivity contribution in [1.29, 1.82) is 0 Å². The summed E-state index contributed by atoms with van der Waals surface area (Å²) in [7, 11) is 3.98. The van der Waals surface area contributed by atoms with Crippen LogP contribution in [0.2, 0.25) is 0 Å². The van der Waals surface area contributed by atoms with E-state index < -0.39 is 12.0 Å². The molecule has 2 amide bonds. The Labute approximate surface area is 160 Å². The van der Waals surface area contributed by atoms with Crippen molar-refractivity contribution in [2.45, 2.75) is 59.3 Å². The molecule has 140 valence electrons. The van der Waals surface area contributed by atoms with Crippen LogP contribution in [0.3, 0.4) is 0 Å². The number of amides is 2. The van der Waals surface area contributed by atoms with Gasteiger partial charge in [-0.1, -0.05) is 33.6 Å². The monoisotopic (exact) mass is 529 g/mol. The van der Waals surface area contributed by atoms with Gasteiger partial charge in [0.2, 0.25) is 0 Å². The summed E-state index contributed by atoms with van der Waals surface area (Å²) in [4.78, 5) is 22.4. The second-order valence-electron chi connectivity index (χ2n) is 6.96. The van der Waals surface area contributed by atoms with Gasteiger partial charge in [0.25, 0.3) is 0 Å². The zero-order valence-corrected chi connectivity index (χ0v) is 21.1. The van der Waals surface area contributed by atoms with Gasteiger partial charge in [-0.3, -0.25) is 4.79 Å². The second-order valence-corrected chi connectivity index (χ2v) is 6.96. The number of hydrogen-bond acceptors (Lipinski definition) is 3. The molecule has 4 N–H and O–H groups in total. The molecule has 6 nitrogen and oxygen atoms in total. The minimum atomic E-state index is -0.675. The molecule has 0 aromatic rings. The van der Waals surface area contributed by atoms with Crippen LogP contribution < -0.4 is 11.1 Å². The maximum atomic E-state index is 10.2. The van der Waals surface area contributed by atoms with E-state index >= 15 is 0 Å². The molecule has 0 bridgehead atoms. The van der Waals surface area contributed by atoms with E-state index in [1.807, 2.05) is 14.1 Å². The van der Waals surface area contributed by atoms with E-state index in [-0.39, 0.29) is 26.2 Å². The molecule has 0 saturated heterocycles. The van der Waals surface area contributed by atoms with Gasteiger partial charge in [0.05, 0.1) is 0 Å². The molecular weight excluding hydrogens is 491 g/mol. The zero-order chi connectivity index (χ0) is 17.6. The molecule has 0 rings (SSSR count). The SMILES string of the molecule is CC(C)(C)CCCCCC(=O)O.CN(C)CCCNC(N)=O.[BiH3]. The number of carbonyl (C=O) groups is 2. The third-order valence-corrected chi connectivity index (χ3v) is 2.90. The van der Waals surface area contributed by atoms with Gasteiger partial charge in [-0.15, -0.1) is 0 Å². The van der Waals surface area contributed by atoms with Crippen molar-refractivity contribution in [2.75, 3.05) is 27.2 Å². The van der Waals surface area contributed by atoms with Crippen molar-refractivity contribution in [3.05, 3.63) is 0 Å². The van der Waals surface area contributed by atoms with Crippen LogP contribution in [0.1, 0.15) is 59.3 Å². The Morgan fingerprint density at radius 1 is 1.09 bits per heavy atom. The minimum absolute atomic E-state index is 0. The predicted octanol–water partition coefficient (Wildman–Crippen LogP) is 1.49. The molecule has 0 saturated carbocycles. The second kappa shape index (κ2) is 16.4. The first-order chi connectivity index (χ1) is 10.0. The first kappa shape index (κ1) is 27.4. The molecule has 0 aromatic heterocycles. The summed E-state index contributed by atoms with van der Waals surface area (Å²) in [5.74, 6) is -0.675. The number of carbonyl (C=O) groups excluding carboxylic acids is 1. The predicted molar refractivity (Wildman–Crippen MR) is 101 cm³/mol. The fourth-order valence-corrected chi connectivity index (χ4v) is 1.72. The summed E-state index contributed by atoms with van der Waals surface area (Å²) in [5.41, 5.74) is 5.24. The summed E-state index contributed by atoms with van der Waals surface area (Å²) in [6.07, 6.45) is 5.47. The number of unbranched alkanes of at least 4 members (excludes halogenated alkanes) is 2. The molecule has 0 unspecified atom stereocenters. The first-order valence-electron chi connectivity index (χ1n) is 7.94. The molecule has 0 aromatic carbocycles. The van der Waals surface area contributed by atoms with Gasteiger partial charge in [0, 0.05) is 13.0 Å².